The second kappa shape index (κ2) is 5.62. The fourth-order valence-electron chi connectivity index (χ4n) is 1.00. The third kappa shape index (κ3) is 5.29. The Bertz CT molecular complexity index is 413. The summed E-state index contributed by atoms with van der Waals surface area (Å²) in [7, 11) is -3.65. The van der Waals surface area contributed by atoms with Gasteiger partial charge >= 0.3 is 5.97 Å². The van der Waals surface area contributed by atoms with Crippen LogP contribution in [0.25, 0.3) is 0 Å². The van der Waals surface area contributed by atoms with Crippen LogP contribution >= 0.6 is 0 Å². The second-order valence-electron chi connectivity index (χ2n) is 3.53. The number of nitrogens with zero attached hydrogens (tertiary/aromatic N) is 1. The molecule has 0 aromatic heterocycles. The lowest BCUT2D eigenvalue weighted by Crippen LogP contribution is -2.47. The Morgan fingerprint density at radius 2 is 1.76 bits per heavy atom. The van der Waals surface area contributed by atoms with E-state index in [9.17, 15) is 22.8 Å². The zero-order chi connectivity index (χ0) is 13.8. The van der Waals surface area contributed by atoms with Crippen LogP contribution in [0.1, 0.15) is 6.92 Å². The molecule has 8 nitrogen and oxygen atoms in total. The van der Waals surface area contributed by atoms with E-state index in [0.717, 1.165) is 13.2 Å². The molecule has 0 spiro atoms. The van der Waals surface area contributed by atoms with Crippen molar-refractivity contribution < 1.29 is 27.9 Å². The number of hydrogen-bond donors (Lipinski definition) is 2. The fraction of sp³-hybridized carbons (Fsp3) is 0.625. The Kier molecular flexibility index (Phi) is 5.08. The van der Waals surface area contributed by atoms with Gasteiger partial charge in [0.1, 0.15) is 11.8 Å². The molecule has 0 aliphatic rings. The average molecular weight is 266 g/mol. The Morgan fingerprint density at radius 3 is 2.06 bits per heavy atom. The summed E-state index contributed by atoms with van der Waals surface area (Å²) < 4.78 is 22.3. The molecular weight excluding hydrogens is 252 g/mol. The summed E-state index contributed by atoms with van der Waals surface area (Å²) in [5, 5.41) is 7.12. The summed E-state index contributed by atoms with van der Waals surface area (Å²) in [6, 6.07) is 0. The molecule has 0 aromatic carbocycles. The highest BCUT2D eigenvalue weighted by Gasteiger charge is 2.30. The Hall–Kier alpha value is -1.64. The van der Waals surface area contributed by atoms with Gasteiger partial charge in [0.2, 0.25) is 11.8 Å². The van der Waals surface area contributed by atoms with Gasteiger partial charge in [-0.1, -0.05) is 0 Å². The molecule has 0 aliphatic heterocycles. The number of amides is 2. The Morgan fingerprint density at radius 1 is 1.29 bits per heavy atom. The van der Waals surface area contributed by atoms with Gasteiger partial charge in [0.05, 0.1) is 6.54 Å². The first-order chi connectivity index (χ1) is 7.55. The zero-order valence-electron chi connectivity index (χ0n) is 9.41. The molecule has 9 heteroatoms. The van der Waals surface area contributed by atoms with Crippen molar-refractivity contribution in [3.63, 3.8) is 0 Å². The summed E-state index contributed by atoms with van der Waals surface area (Å²) in [5.74, 6) is -3.24. The molecule has 98 valence electrons. The molecule has 0 radical (unpaired) electrons. The lowest BCUT2D eigenvalue weighted by molar-refractivity contribution is -0.145. The number of primary amides is 1. The monoisotopic (exact) mass is 266 g/mol. The number of sulfone groups is 1. The highest BCUT2D eigenvalue weighted by atomic mass is 32.2. The van der Waals surface area contributed by atoms with Gasteiger partial charge in [-0.15, -0.1) is 0 Å². The van der Waals surface area contributed by atoms with Crippen molar-refractivity contribution in [3.05, 3.63) is 0 Å². The van der Waals surface area contributed by atoms with E-state index in [1.807, 2.05) is 0 Å². The minimum atomic E-state index is -3.65. The molecule has 0 saturated heterocycles. The van der Waals surface area contributed by atoms with E-state index in [2.05, 4.69) is 0 Å². The van der Waals surface area contributed by atoms with Gasteiger partial charge in [-0.05, 0) is 6.92 Å². The van der Waals surface area contributed by atoms with E-state index in [0.29, 0.717) is 4.90 Å². The predicted octanol–water partition coefficient (Wildman–Crippen LogP) is -2.18. The van der Waals surface area contributed by atoms with Crippen molar-refractivity contribution >= 4 is 27.6 Å². The second-order valence-corrected chi connectivity index (χ2v) is 5.89. The maximum Gasteiger partial charge on any atom is 0.323 e. The van der Waals surface area contributed by atoms with Crippen LogP contribution in [0.15, 0.2) is 0 Å². The predicted molar refractivity (Wildman–Crippen MR) is 57.7 cm³/mol. The number of carboxylic acids is 1. The van der Waals surface area contributed by atoms with Crippen molar-refractivity contribution in [2.45, 2.75) is 12.2 Å². The van der Waals surface area contributed by atoms with Gasteiger partial charge in [0, 0.05) is 6.26 Å². The molecule has 0 aliphatic carbocycles. The zero-order valence-corrected chi connectivity index (χ0v) is 10.2. The quantitative estimate of drug-likeness (QED) is 0.561. The summed E-state index contributed by atoms with van der Waals surface area (Å²) in [6.45, 7) is -0.292. The molecule has 0 rings (SSSR count). The van der Waals surface area contributed by atoms with Gasteiger partial charge in [0.15, 0.2) is 9.84 Å². The summed E-state index contributed by atoms with van der Waals surface area (Å²) >= 11 is 0. The first kappa shape index (κ1) is 15.4. The van der Waals surface area contributed by atoms with Gasteiger partial charge in [-0.3, -0.25) is 14.4 Å². The first-order valence-corrected chi connectivity index (χ1v) is 6.49. The normalized spacial score (nSPS) is 12.8. The topological polar surface area (TPSA) is 135 Å². The van der Waals surface area contributed by atoms with Crippen LogP contribution in [-0.2, 0) is 24.2 Å². The molecule has 0 saturated carbocycles. The Balaban J connectivity index is 4.98. The van der Waals surface area contributed by atoms with E-state index in [1.54, 1.807) is 0 Å². The number of carbonyl (C=O) groups is 3. The third-order valence-electron chi connectivity index (χ3n) is 1.97. The highest BCUT2D eigenvalue weighted by Crippen LogP contribution is 2.04. The molecule has 2 amide bonds. The maximum atomic E-state index is 11.6. The number of nitrogens with two attached hydrogens (primary N) is 1. The third-order valence-corrected chi connectivity index (χ3v) is 3.46. The van der Waals surface area contributed by atoms with Gasteiger partial charge in [0.25, 0.3) is 0 Å². The fourth-order valence-corrected chi connectivity index (χ4v) is 1.52. The molecule has 3 N–H and O–H groups in total. The lowest BCUT2D eigenvalue weighted by Gasteiger charge is -2.21. The van der Waals surface area contributed by atoms with E-state index in [-0.39, 0.29) is 0 Å². The minimum absolute atomic E-state index is 0.594. The van der Waals surface area contributed by atoms with Crippen LogP contribution in [0.2, 0.25) is 0 Å². The average Bonchev–Trinajstić information content (AvgIpc) is 2.11. The van der Waals surface area contributed by atoms with Crippen LogP contribution in [0.5, 0.6) is 0 Å². The number of rotatable bonds is 6. The number of carboxylic acid groups (broad SMARTS) is 1. The number of aliphatic carboxylic acids is 1. The molecule has 17 heavy (non-hydrogen) atoms. The molecule has 0 bridgehead atoms. The molecular formula is C8H14N2O6S. The largest absolute Gasteiger partial charge is 0.480 e. The summed E-state index contributed by atoms with van der Waals surface area (Å²) in [4.78, 5) is 33.4. The standard InChI is InChI=1S/C8H14N2O6S/c1-5(17(2,15)16)8(14)10(3-6(9)11)4-7(12)13/h5H,3-4H2,1-2H3,(H2,9,11)(H,12,13). The van der Waals surface area contributed by atoms with Crippen LogP contribution in [0.4, 0.5) is 0 Å². The summed E-state index contributed by atoms with van der Waals surface area (Å²) in [5.41, 5.74) is 4.84. The highest BCUT2D eigenvalue weighted by molar-refractivity contribution is 7.92. The van der Waals surface area contributed by atoms with E-state index in [4.69, 9.17) is 10.8 Å². The van der Waals surface area contributed by atoms with E-state index in [1.165, 1.54) is 0 Å². The van der Waals surface area contributed by atoms with Crippen molar-refractivity contribution in [2.75, 3.05) is 19.3 Å². The van der Waals surface area contributed by atoms with Crippen LogP contribution < -0.4 is 5.73 Å². The maximum absolute atomic E-state index is 11.6. The summed E-state index contributed by atoms with van der Waals surface area (Å²) in [6.07, 6.45) is 0.846. The van der Waals surface area contributed by atoms with Gasteiger partial charge in [-0.25, -0.2) is 8.42 Å². The number of carbonyl (C=O) groups excluding carboxylic acids is 2. The van der Waals surface area contributed by atoms with Gasteiger partial charge in [-0.2, -0.15) is 0 Å². The number of hydrogen-bond acceptors (Lipinski definition) is 5. The first-order valence-electron chi connectivity index (χ1n) is 4.53. The van der Waals surface area contributed by atoms with Crippen LogP contribution in [0.3, 0.4) is 0 Å². The van der Waals surface area contributed by atoms with Gasteiger partial charge < -0.3 is 15.7 Å². The molecule has 1 atom stereocenters. The Labute approximate surface area is 98.3 Å². The molecule has 0 aromatic rings. The van der Waals surface area contributed by atoms with Crippen molar-refractivity contribution in [1.82, 2.24) is 4.90 Å². The molecule has 0 heterocycles. The van der Waals surface area contributed by atoms with E-state index < -0.39 is 46.0 Å². The molecule has 1 unspecified atom stereocenters. The van der Waals surface area contributed by atoms with Crippen LogP contribution in [-0.4, -0.2) is 60.8 Å². The van der Waals surface area contributed by atoms with E-state index >= 15 is 0 Å². The van der Waals surface area contributed by atoms with Crippen molar-refractivity contribution in [1.29, 1.82) is 0 Å². The smallest absolute Gasteiger partial charge is 0.323 e. The van der Waals surface area contributed by atoms with Crippen molar-refractivity contribution in [3.8, 4) is 0 Å². The molecule has 0 fully saturated rings. The lowest BCUT2D eigenvalue weighted by atomic mass is 10.3. The SMILES string of the molecule is CC(C(=O)N(CC(N)=O)CC(=O)O)S(C)(=O)=O. The van der Waals surface area contributed by atoms with Crippen LogP contribution in [0, 0.1) is 0 Å². The van der Waals surface area contributed by atoms with Crippen molar-refractivity contribution in [2.24, 2.45) is 5.73 Å². The minimum Gasteiger partial charge on any atom is -0.480 e.